The van der Waals surface area contributed by atoms with E-state index in [0.29, 0.717) is 5.92 Å². The Morgan fingerprint density at radius 2 is 2.21 bits per heavy atom. The van der Waals surface area contributed by atoms with E-state index in [1.807, 2.05) is 0 Å². The van der Waals surface area contributed by atoms with E-state index >= 15 is 0 Å². The molecule has 74 valence electrons. The Kier molecular flexibility index (Phi) is 1.77. The molecule has 0 radical (unpaired) electrons. The van der Waals surface area contributed by atoms with E-state index in [1.165, 1.54) is 24.0 Å². The molecule has 1 heterocycles. The second-order valence-corrected chi connectivity index (χ2v) is 4.30. The summed E-state index contributed by atoms with van der Waals surface area (Å²) in [5, 5.41) is 0. The Morgan fingerprint density at radius 3 is 3.00 bits per heavy atom. The van der Waals surface area contributed by atoms with Crippen LogP contribution in [0, 0.1) is 5.92 Å². The molecule has 1 aliphatic heterocycles. The molecule has 1 aromatic carbocycles. The highest BCUT2D eigenvalue weighted by Gasteiger charge is 2.32. The maximum Gasteiger partial charge on any atom is 0.127 e. The predicted molar refractivity (Wildman–Crippen MR) is 55.3 cm³/mol. The third kappa shape index (κ3) is 1.22. The lowest BCUT2D eigenvalue weighted by molar-refractivity contribution is 0.350. The summed E-state index contributed by atoms with van der Waals surface area (Å²) in [5.74, 6) is 1.78. The van der Waals surface area contributed by atoms with Gasteiger partial charge >= 0.3 is 0 Å². The van der Waals surface area contributed by atoms with Gasteiger partial charge in [0.05, 0.1) is 6.61 Å². The number of nitrogens with two attached hydrogens (primary N) is 1. The number of hydrogen-bond acceptors (Lipinski definition) is 2. The monoisotopic (exact) mass is 189 g/mol. The van der Waals surface area contributed by atoms with E-state index in [9.17, 15) is 0 Å². The lowest BCUT2D eigenvalue weighted by atomic mass is 9.99. The minimum Gasteiger partial charge on any atom is -0.493 e. The predicted octanol–water partition coefficient (Wildman–Crippen LogP) is 2.03. The van der Waals surface area contributed by atoms with Crippen LogP contribution >= 0.6 is 0 Å². The maximum atomic E-state index is 6.19. The SMILES string of the molecule is NC(c1cccc2c1OCC2)C1CC1. The van der Waals surface area contributed by atoms with Crippen molar-refractivity contribution in [1.29, 1.82) is 0 Å². The zero-order valence-corrected chi connectivity index (χ0v) is 8.20. The van der Waals surface area contributed by atoms with Crippen molar-refractivity contribution >= 4 is 0 Å². The molecule has 2 heteroatoms. The first kappa shape index (κ1) is 8.30. The summed E-state index contributed by atoms with van der Waals surface area (Å²) in [7, 11) is 0. The molecule has 14 heavy (non-hydrogen) atoms. The molecule has 1 atom stereocenters. The first-order chi connectivity index (χ1) is 6.86. The van der Waals surface area contributed by atoms with Crippen LogP contribution in [0.2, 0.25) is 0 Å². The molecule has 1 unspecified atom stereocenters. The molecule has 0 saturated heterocycles. The smallest absolute Gasteiger partial charge is 0.127 e. The molecule has 1 fully saturated rings. The fourth-order valence-corrected chi connectivity index (χ4v) is 2.21. The Labute approximate surface area is 84.1 Å². The number of fused-ring (bicyclic) bond motifs is 1. The van der Waals surface area contributed by atoms with Crippen LogP contribution in [0.3, 0.4) is 0 Å². The summed E-state index contributed by atoms with van der Waals surface area (Å²) in [5.41, 5.74) is 8.75. The van der Waals surface area contributed by atoms with Gasteiger partial charge in [0.25, 0.3) is 0 Å². The molecule has 2 nitrogen and oxygen atoms in total. The second kappa shape index (κ2) is 2.99. The highest BCUT2D eigenvalue weighted by molar-refractivity contribution is 5.46. The topological polar surface area (TPSA) is 35.2 Å². The van der Waals surface area contributed by atoms with Crippen molar-refractivity contribution < 1.29 is 4.74 Å². The normalized spacial score (nSPS) is 21.5. The largest absolute Gasteiger partial charge is 0.493 e. The third-order valence-corrected chi connectivity index (χ3v) is 3.23. The summed E-state index contributed by atoms with van der Waals surface area (Å²) >= 11 is 0. The van der Waals surface area contributed by atoms with E-state index in [1.54, 1.807) is 0 Å². The van der Waals surface area contributed by atoms with Crippen LogP contribution in [0.4, 0.5) is 0 Å². The molecule has 1 saturated carbocycles. The summed E-state index contributed by atoms with van der Waals surface area (Å²) in [6.45, 7) is 0.823. The Bertz CT molecular complexity index is 357. The first-order valence-corrected chi connectivity index (χ1v) is 5.36. The van der Waals surface area contributed by atoms with Crippen LogP contribution in [0.15, 0.2) is 18.2 Å². The Balaban J connectivity index is 2.00. The lowest BCUT2D eigenvalue weighted by Gasteiger charge is -2.14. The highest BCUT2D eigenvalue weighted by Crippen LogP contribution is 2.43. The van der Waals surface area contributed by atoms with Crippen molar-refractivity contribution in [2.75, 3.05) is 6.61 Å². The van der Waals surface area contributed by atoms with Crippen molar-refractivity contribution in [3.63, 3.8) is 0 Å². The minimum absolute atomic E-state index is 0.197. The van der Waals surface area contributed by atoms with Crippen molar-refractivity contribution in [1.82, 2.24) is 0 Å². The number of benzene rings is 1. The van der Waals surface area contributed by atoms with Gasteiger partial charge in [-0.1, -0.05) is 18.2 Å². The summed E-state index contributed by atoms with van der Waals surface area (Å²) in [4.78, 5) is 0. The quantitative estimate of drug-likeness (QED) is 0.772. The second-order valence-electron chi connectivity index (χ2n) is 4.30. The van der Waals surface area contributed by atoms with E-state index in [2.05, 4.69) is 18.2 Å². The van der Waals surface area contributed by atoms with Crippen molar-refractivity contribution in [2.24, 2.45) is 11.7 Å². The van der Waals surface area contributed by atoms with Gasteiger partial charge in [0.1, 0.15) is 5.75 Å². The average Bonchev–Trinajstić information content (AvgIpc) is 2.94. The first-order valence-electron chi connectivity index (χ1n) is 5.36. The molecule has 0 spiro atoms. The van der Waals surface area contributed by atoms with Crippen LogP contribution in [0.25, 0.3) is 0 Å². The minimum atomic E-state index is 0.197. The molecule has 2 aliphatic rings. The standard InChI is InChI=1S/C12H15NO/c13-11(8-4-5-8)10-3-1-2-9-6-7-14-12(9)10/h1-3,8,11H,4-7,13H2. The molecule has 1 aromatic rings. The van der Waals surface area contributed by atoms with E-state index in [-0.39, 0.29) is 6.04 Å². The van der Waals surface area contributed by atoms with Crippen LogP contribution < -0.4 is 10.5 Å². The number of para-hydroxylation sites is 1. The van der Waals surface area contributed by atoms with Gasteiger partial charge in [-0.15, -0.1) is 0 Å². The lowest BCUT2D eigenvalue weighted by Crippen LogP contribution is -2.13. The van der Waals surface area contributed by atoms with E-state index in [0.717, 1.165) is 18.8 Å². The molecule has 1 aliphatic carbocycles. The average molecular weight is 189 g/mol. The van der Waals surface area contributed by atoms with Gasteiger partial charge in [-0.05, 0) is 24.3 Å². The zero-order chi connectivity index (χ0) is 9.54. The number of rotatable bonds is 2. The molecule has 3 rings (SSSR count). The van der Waals surface area contributed by atoms with Crippen molar-refractivity contribution in [2.45, 2.75) is 25.3 Å². The highest BCUT2D eigenvalue weighted by atomic mass is 16.5. The maximum absolute atomic E-state index is 6.19. The Hall–Kier alpha value is -1.02. The number of hydrogen-bond donors (Lipinski definition) is 1. The van der Waals surface area contributed by atoms with Gasteiger partial charge < -0.3 is 10.5 Å². The fourth-order valence-electron chi connectivity index (χ4n) is 2.21. The molecule has 0 amide bonds. The fraction of sp³-hybridized carbons (Fsp3) is 0.500. The van der Waals surface area contributed by atoms with Gasteiger partial charge in [-0.25, -0.2) is 0 Å². The van der Waals surface area contributed by atoms with Crippen molar-refractivity contribution in [3.8, 4) is 5.75 Å². The van der Waals surface area contributed by atoms with Crippen LogP contribution in [-0.2, 0) is 6.42 Å². The van der Waals surface area contributed by atoms with Gasteiger partial charge in [0.15, 0.2) is 0 Å². The van der Waals surface area contributed by atoms with Crippen molar-refractivity contribution in [3.05, 3.63) is 29.3 Å². The summed E-state index contributed by atoms with van der Waals surface area (Å²) < 4.78 is 5.65. The zero-order valence-electron chi connectivity index (χ0n) is 8.20. The molecule has 0 bridgehead atoms. The Morgan fingerprint density at radius 1 is 1.36 bits per heavy atom. The third-order valence-electron chi connectivity index (χ3n) is 3.23. The molecular weight excluding hydrogens is 174 g/mol. The summed E-state index contributed by atoms with van der Waals surface area (Å²) in [6, 6.07) is 6.56. The molecular formula is C12H15NO. The molecule has 0 aromatic heterocycles. The van der Waals surface area contributed by atoms with Gasteiger partial charge in [0, 0.05) is 18.0 Å². The van der Waals surface area contributed by atoms with Gasteiger partial charge in [0.2, 0.25) is 0 Å². The van der Waals surface area contributed by atoms with E-state index < -0.39 is 0 Å². The summed E-state index contributed by atoms with van der Waals surface area (Å²) in [6.07, 6.45) is 3.61. The van der Waals surface area contributed by atoms with Gasteiger partial charge in [-0.3, -0.25) is 0 Å². The van der Waals surface area contributed by atoms with Gasteiger partial charge in [-0.2, -0.15) is 0 Å². The number of ether oxygens (including phenoxy) is 1. The molecule has 2 N–H and O–H groups in total. The van der Waals surface area contributed by atoms with Crippen LogP contribution in [0.5, 0.6) is 5.75 Å². The van der Waals surface area contributed by atoms with Crippen LogP contribution in [0.1, 0.15) is 30.0 Å². The van der Waals surface area contributed by atoms with Crippen LogP contribution in [-0.4, -0.2) is 6.61 Å². The van der Waals surface area contributed by atoms with E-state index in [4.69, 9.17) is 10.5 Å².